The molecule has 3 rings (SSSR count). The second-order valence-electron chi connectivity index (χ2n) is 5.36. The van der Waals surface area contributed by atoms with E-state index in [0.717, 1.165) is 0 Å². The van der Waals surface area contributed by atoms with Gasteiger partial charge in [0.2, 0.25) is 11.8 Å². The van der Waals surface area contributed by atoms with E-state index in [9.17, 15) is 22.0 Å². The zero-order valence-electron chi connectivity index (χ0n) is 13.6. The molecule has 0 aliphatic rings. The number of rotatable bonds is 3. The molecule has 2 N–H and O–H groups in total. The molecule has 0 atom stereocenters. The molecule has 0 spiro atoms. The van der Waals surface area contributed by atoms with Gasteiger partial charge in [-0.2, -0.15) is 0 Å². The Morgan fingerprint density at radius 3 is 1.33 bits per heavy atom. The Labute approximate surface area is 151 Å². The van der Waals surface area contributed by atoms with E-state index in [1.54, 1.807) is 60.7 Å². The Bertz CT molecular complexity index is 903. The lowest BCUT2D eigenvalue weighted by molar-refractivity contribution is 0.381. The first kappa shape index (κ1) is 18.4. The van der Waals surface area contributed by atoms with Gasteiger partial charge in [-0.3, -0.25) is 0 Å². The van der Waals surface area contributed by atoms with E-state index in [4.69, 9.17) is 0 Å². The largest absolute Gasteiger partial charge is 0.326 e. The SMILES string of the molecule is Fc1c(F)c(F)c(N=C(Nc2ccccc2)Nc2ccccc2)c(F)c1F. The summed E-state index contributed by atoms with van der Waals surface area (Å²) >= 11 is 0. The number of anilines is 2. The summed E-state index contributed by atoms with van der Waals surface area (Å²) in [5.41, 5.74) is -0.319. The maximum absolute atomic E-state index is 14.0. The summed E-state index contributed by atoms with van der Waals surface area (Å²) in [6.45, 7) is 0. The minimum Gasteiger partial charge on any atom is -0.326 e. The average molecular weight is 377 g/mol. The zero-order valence-corrected chi connectivity index (χ0v) is 13.6. The first-order chi connectivity index (χ1) is 13.0. The van der Waals surface area contributed by atoms with Crippen LogP contribution in [0, 0.1) is 29.1 Å². The molecule has 0 saturated heterocycles. The Morgan fingerprint density at radius 1 is 0.556 bits per heavy atom. The Hall–Kier alpha value is -3.42. The number of guanidine groups is 1. The molecule has 27 heavy (non-hydrogen) atoms. The fraction of sp³-hybridized carbons (Fsp3) is 0. The van der Waals surface area contributed by atoms with Gasteiger partial charge in [-0.25, -0.2) is 26.9 Å². The van der Waals surface area contributed by atoms with Crippen LogP contribution in [-0.4, -0.2) is 5.96 Å². The molecule has 0 aromatic heterocycles. The van der Waals surface area contributed by atoms with Crippen molar-refractivity contribution in [2.24, 2.45) is 4.99 Å². The summed E-state index contributed by atoms with van der Waals surface area (Å²) in [7, 11) is 0. The van der Waals surface area contributed by atoms with E-state index in [-0.39, 0.29) is 5.96 Å². The number of halogens is 5. The molecule has 0 amide bonds. The Balaban J connectivity index is 2.07. The predicted molar refractivity (Wildman–Crippen MR) is 93.5 cm³/mol. The molecule has 0 aliphatic heterocycles. The van der Waals surface area contributed by atoms with E-state index in [2.05, 4.69) is 15.6 Å². The summed E-state index contributed by atoms with van der Waals surface area (Å²) in [5.74, 6) is -10.6. The molecule has 138 valence electrons. The van der Waals surface area contributed by atoms with Gasteiger partial charge in [0.25, 0.3) is 0 Å². The van der Waals surface area contributed by atoms with Crippen molar-refractivity contribution in [3.05, 3.63) is 89.7 Å². The number of nitrogens with one attached hydrogen (secondary N) is 2. The van der Waals surface area contributed by atoms with Crippen LogP contribution >= 0.6 is 0 Å². The van der Waals surface area contributed by atoms with Gasteiger partial charge in [-0.1, -0.05) is 36.4 Å². The summed E-state index contributed by atoms with van der Waals surface area (Å²) < 4.78 is 68.0. The number of nitrogens with zero attached hydrogens (tertiary/aromatic N) is 1. The van der Waals surface area contributed by atoms with Gasteiger partial charge in [-0.05, 0) is 24.3 Å². The second kappa shape index (κ2) is 7.86. The van der Waals surface area contributed by atoms with E-state index in [1.807, 2.05) is 0 Å². The zero-order chi connectivity index (χ0) is 19.4. The van der Waals surface area contributed by atoms with Gasteiger partial charge >= 0.3 is 0 Å². The van der Waals surface area contributed by atoms with Gasteiger partial charge < -0.3 is 10.6 Å². The lowest BCUT2D eigenvalue weighted by Gasteiger charge is -2.13. The monoisotopic (exact) mass is 377 g/mol. The molecule has 0 saturated carbocycles. The number of benzene rings is 3. The Morgan fingerprint density at radius 2 is 0.926 bits per heavy atom. The fourth-order valence-electron chi connectivity index (χ4n) is 2.21. The van der Waals surface area contributed by atoms with Gasteiger partial charge in [0.1, 0.15) is 5.69 Å². The maximum atomic E-state index is 14.0. The number of hydrogen-bond acceptors (Lipinski definition) is 1. The molecule has 3 nitrogen and oxygen atoms in total. The van der Waals surface area contributed by atoms with Gasteiger partial charge in [0, 0.05) is 11.4 Å². The van der Waals surface area contributed by atoms with E-state index in [0.29, 0.717) is 11.4 Å². The van der Waals surface area contributed by atoms with Crippen molar-refractivity contribution in [3.8, 4) is 0 Å². The van der Waals surface area contributed by atoms with Crippen LogP contribution < -0.4 is 10.6 Å². The third-order valence-electron chi connectivity index (χ3n) is 3.48. The molecule has 3 aromatic rings. The fourth-order valence-corrected chi connectivity index (χ4v) is 2.21. The van der Waals surface area contributed by atoms with E-state index in [1.165, 1.54) is 0 Å². The summed E-state index contributed by atoms with van der Waals surface area (Å²) in [5, 5.41) is 5.50. The molecule has 0 unspecified atom stereocenters. The first-order valence-corrected chi connectivity index (χ1v) is 7.71. The van der Waals surface area contributed by atoms with Crippen LogP contribution in [0.15, 0.2) is 65.7 Å². The van der Waals surface area contributed by atoms with Crippen molar-refractivity contribution in [2.75, 3.05) is 10.6 Å². The minimum absolute atomic E-state index is 0.226. The second-order valence-corrected chi connectivity index (χ2v) is 5.36. The standard InChI is InChI=1S/C19H12F5N3/c20-13-14(21)16(23)18(17(24)15(13)22)27-19(25-11-7-3-1-4-8-11)26-12-9-5-2-6-10-12/h1-10H,(H2,25,26,27). The van der Waals surface area contributed by atoms with Crippen molar-refractivity contribution in [1.29, 1.82) is 0 Å². The van der Waals surface area contributed by atoms with Crippen LogP contribution in [-0.2, 0) is 0 Å². The Kier molecular flexibility index (Phi) is 5.35. The minimum atomic E-state index is -2.24. The number of hydrogen-bond donors (Lipinski definition) is 2. The summed E-state index contributed by atoms with van der Waals surface area (Å²) in [6.07, 6.45) is 0. The summed E-state index contributed by atoms with van der Waals surface area (Å²) in [6, 6.07) is 16.8. The van der Waals surface area contributed by atoms with Crippen LogP contribution in [0.2, 0.25) is 0 Å². The highest BCUT2D eigenvalue weighted by Crippen LogP contribution is 2.29. The van der Waals surface area contributed by atoms with Crippen molar-refractivity contribution < 1.29 is 22.0 Å². The number of para-hydroxylation sites is 2. The third kappa shape index (κ3) is 4.05. The molecule has 0 aliphatic carbocycles. The van der Waals surface area contributed by atoms with Gasteiger partial charge in [0.15, 0.2) is 23.3 Å². The highest BCUT2D eigenvalue weighted by molar-refractivity contribution is 6.04. The van der Waals surface area contributed by atoms with Crippen molar-refractivity contribution in [1.82, 2.24) is 0 Å². The molecule has 0 bridgehead atoms. The lowest BCUT2D eigenvalue weighted by atomic mass is 10.2. The molecule has 0 fully saturated rings. The topological polar surface area (TPSA) is 36.4 Å². The van der Waals surface area contributed by atoms with Crippen molar-refractivity contribution in [3.63, 3.8) is 0 Å². The lowest BCUT2D eigenvalue weighted by Crippen LogP contribution is -2.22. The summed E-state index contributed by atoms with van der Waals surface area (Å²) in [4.78, 5) is 3.61. The third-order valence-corrected chi connectivity index (χ3v) is 3.48. The molecule has 0 radical (unpaired) electrons. The smallest absolute Gasteiger partial charge is 0.205 e. The van der Waals surface area contributed by atoms with E-state index < -0.39 is 34.8 Å². The number of aliphatic imine (C=N–C) groups is 1. The normalized spacial score (nSPS) is 10.4. The highest BCUT2D eigenvalue weighted by Gasteiger charge is 2.26. The quantitative estimate of drug-likeness (QED) is 0.205. The maximum Gasteiger partial charge on any atom is 0.205 e. The first-order valence-electron chi connectivity index (χ1n) is 7.71. The van der Waals surface area contributed by atoms with Crippen molar-refractivity contribution in [2.45, 2.75) is 0 Å². The van der Waals surface area contributed by atoms with E-state index >= 15 is 0 Å². The molecule has 0 heterocycles. The van der Waals surface area contributed by atoms with Crippen LogP contribution in [0.25, 0.3) is 0 Å². The average Bonchev–Trinajstić information content (AvgIpc) is 2.69. The molecular formula is C19H12F5N3. The van der Waals surface area contributed by atoms with Crippen LogP contribution in [0.5, 0.6) is 0 Å². The van der Waals surface area contributed by atoms with Crippen LogP contribution in [0.4, 0.5) is 39.0 Å². The molecule has 8 heteroatoms. The van der Waals surface area contributed by atoms with Crippen molar-refractivity contribution >= 4 is 23.0 Å². The van der Waals surface area contributed by atoms with Crippen LogP contribution in [0.3, 0.4) is 0 Å². The van der Waals surface area contributed by atoms with Crippen LogP contribution in [0.1, 0.15) is 0 Å². The van der Waals surface area contributed by atoms with Gasteiger partial charge in [-0.15, -0.1) is 0 Å². The predicted octanol–water partition coefficient (Wildman–Crippen LogP) is 5.59. The highest BCUT2D eigenvalue weighted by atomic mass is 19.2. The van der Waals surface area contributed by atoms with Gasteiger partial charge in [0.05, 0.1) is 0 Å². The molecule has 3 aromatic carbocycles. The molecular weight excluding hydrogens is 365 g/mol.